The van der Waals surface area contributed by atoms with Crippen molar-refractivity contribution in [3.05, 3.63) is 0 Å². The van der Waals surface area contributed by atoms with E-state index in [1.807, 2.05) is 6.92 Å². The van der Waals surface area contributed by atoms with Crippen LogP contribution in [0.25, 0.3) is 0 Å². The maximum Gasteiger partial charge on any atom is 0.124 e. The van der Waals surface area contributed by atoms with E-state index in [1.54, 1.807) is 0 Å². The molecule has 0 bridgehead atoms. The lowest BCUT2D eigenvalue weighted by Gasteiger charge is -2.00. The molecule has 0 aromatic rings. The Morgan fingerprint density at radius 2 is 2.38 bits per heavy atom. The highest BCUT2D eigenvalue weighted by atomic mass is 16.1. The predicted octanol–water partition coefficient (Wildman–Crippen LogP) is 0.137. The second-order valence-corrected chi connectivity index (χ2v) is 2.41. The Morgan fingerprint density at radius 1 is 1.75 bits per heavy atom. The molecule has 46 valence electrons. The van der Waals surface area contributed by atoms with Gasteiger partial charge in [0.25, 0.3) is 0 Å². The maximum absolute atomic E-state index is 10.0. The van der Waals surface area contributed by atoms with E-state index < -0.39 is 0 Å². The van der Waals surface area contributed by atoms with Crippen LogP contribution in [0.4, 0.5) is 0 Å². The summed E-state index contributed by atoms with van der Waals surface area (Å²) in [6, 6.07) is 0. The van der Waals surface area contributed by atoms with E-state index in [-0.39, 0.29) is 5.92 Å². The summed E-state index contributed by atoms with van der Waals surface area (Å²) in [5.41, 5.74) is 0. The van der Waals surface area contributed by atoms with Crippen LogP contribution in [0.2, 0.25) is 0 Å². The summed E-state index contributed by atoms with van der Waals surface area (Å²) in [6.07, 6.45) is 1.01. The van der Waals surface area contributed by atoms with Crippen molar-refractivity contribution in [2.75, 3.05) is 19.6 Å². The Morgan fingerprint density at radius 3 is 2.75 bits per heavy atom. The molecule has 0 saturated carbocycles. The molecule has 0 aliphatic carbocycles. The van der Waals surface area contributed by atoms with Gasteiger partial charge >= 0.3 is 0 Å². The second kappa shape index (κ2) is 2.27. The standard InChI is InChI=1S/C6H11NO/c1-6(5-8)4-7-2-3-7/h5-6H,2-4H2,1H3. The SMILES string of the molecule is CC(C=O)CN1CC1. The minimum atomic E-state index is 0.234. The number of aldehydes is 1. The van der Waals surface area contributed by atoms with E-state index in [1.165, 1.54) is 13.1 Å². The van der Waals surface area contributed by atoms with Crippen molar-refractivity contribution in [1.82, 2.24) is 4.90 Å². The first-order valence-electron chi connectivity index (χ1n) is 3.00. The minimum absolute atomic E-state index is 0.234. The molecule has 2 nitrogen and oxygen atoms in total. The molecular weight excluding hydrogens is 102 g/mol. The van der Waals surface area contributed by atoms with Crippen LogP contribution in [0.1, 0.15) is 6.92 Å². The van der Waals surface area contributed by atoms with E-state index in [2.05, 4.69) is 4.90 Å². The van der Waals surface area contributed by atoms with Crippen LogP contribution in [0, 0.1) is 5.92 Å². The van der Waals surface area contributed by atoms with Gasteiger partial charge in [-0.25, -0.2) is 0 Å². The highest BCUT2D eigenvalue weighted by Crippen LogP contribution is 2.05. The topological polar surface area (TPSA) is 20.1 Å². The van der Waals surface area contributed by atoms with E-state index in [0.717, 1.165) is 12.8 Å². The van der Waals surface area contributed by atoms with Gasteiger partial charge in [0.1, 0.15) is 6.29 Å². The highest BCUT2D eigenvalue weighted by molar-refractivity contribution is 5.53. The maximum atomic E-state index is 10.0. The summed E-state index contributed by atoms with van der Waals surface area (Å²) in [5.74, 6) is 0.234. The number of carbonyl (C=O) groups is 1. The van der Waals surface area contributed by atoms with Gasteiger partial charge in [-0.2, -0.15) is 0 Å². The van der Waals surface area contributed by atoms with Crippen molar-refractivity contribution in [3.8, 4) is 0 Å². The van der Waals surface area contributed by atoms with Crippen molar-refractivity contribution >= 4 is 6.29 Å². The highest BCUT2D eigenvalue weighted by Gasteiger charge is 2.18. The Bertz CT molecular complexity index is 88.5. The van der Waals surface area contributed by atoms with Gasteiger partial charge in [0.15, 0.2) is 0 Å². The Kier molecular flexibility index (Phi) is 1.63. The molecule has 1 atom stereocenters. The van der Waals surface area contributed by atoms with Crippen molar-refractivity contribution in [1.29, 1.82) is 0 Å². The zero-order valence-corrected chi connectivity index (χ0v) is 5.13. The average Bonchev–Trinajstić information content (AvgIpc) is 2.50. The molecule has 1 rings (SSSR count). The fourth-order valence-corrected chi connectivity index (χ4v) is 0.704. The first-order valence-corrected chi connectivity index (χ1v) is 3.00. The Hall–Kier alpha value is -0.370. The fraction of sp³-hybridized carbons (Fsp3) is 0.833. The van der Waals surface area contributed by atoms with Gasteiger partial charge in [-0.05, 0) is 0 Å². The summed E-state index contributed by atoms with van der Waals surface area (Å²) >= 11 is 0. The lowest BCUT2D eigenvalue weighted by molar-refractivity contribution is -0.110. The van der Waals surface area contributed by atoms with Gasteiger partial charge in [0, 0.05) is 25.6 Å². The van der Waals surface area contributed by atoms with Gasteiger partial charge in [-0.1, -0.05) is 6.92 Å². The first kappa shape index (κ1) is 5.76. The number of rotatable bonds is 3. The van der Waals surface area contributed by atoms with Crippen LogP contribution >= 0.6 is 0 Å². The van der Waals surface area contributed by atoms with Crippen molar-refractivity contribution < 1.29 is 4.79 Å². The summed E-state index contributed by atoms with van der Waals surface area (Å²) in [4.78, 5) is 12.3. The summed E-state index contributed by atoms with van der Waals surface area (Å²) in [5, 5.41) is 0. The molecule has 1 heterocycles. The fourth-order valence-electron chi connectivity index (χ4n) is 0.704. The van der Waals surface area contributed by atoms with Gasteiger partial charge in [-0.15, -0.1) is 0 Å². The first-order chi connectivity index (χ1) is 3.83. The zero-order chi connectivity index (χ0) is 5.98. The lowest BCUT2D eigenvalue weighted by Crippen LogP contribution is -2.10. The molecule has 8 heavy (non-hydrogen) atoms. The quantitative estimate of drug-likeness (QED) is 0.383. The zero-order valence-electron chi connectivity index (χ0n) is 5.13. The Labute approximate surface area is 49.5 Å². The van der Waals surface area contributed by atoms with Crippen LogP contribution in [0.3, 0.4) is 0 Å². The van der Waals surface area contributed by atoms with Gasteiger partial charge < -0.3 is 9.69 Å². The van der Waals surface area contributed by atoms with Crippen LogP contribution < -0.4 is 0 Å². The lowest BCUT2D eigenvalue weighted by atomic mass is 10.2. The second-order valence-electron chi connectivity index (χ2n) is 2.41. The normalized spacial score (nSPS) is 22.6. The molecule has 0 aromatic carbocycles. The summed E-state index contributed by atoms with van der Waals surface area (Å²) < 4.78 is 0. The molecule has 0 N–H and O–H groups in total. The number of nitrogens with zero attached hydrogens (tertiary/aromatic N) is 1. The third kappa shape index (κ3) is 1.62. The van der Waals surface area contributed by atoms with E-state index in [4.69, 9.17) is 0 Å². The van der Waals surface area contributed by atoms with Crippen molar-refractivity contribution in [2.45, 2.75) is 6.92 Å². The molecule has 1 unspecified atom stereocenters. The smallest absolute Gasteiger partial charge is 0.124 e. The molecule has 1 aliphatic rings. The summed E-state index contributed by atoms with van der Waals surface area (Å²) in [7, 11) is 0. The third-order valence-electron chi connectivity index (χ3n) is 1.32. The Balaban J connectivity index is 2.06. The molecule has 0 spiro atoms. The molecule has 1 saturated heterocycles. The number of hydrogen-bond donors (Lipinski definition) is 0. The molecule has 0 aromatic heterocycles. The van der Waals surface area contributed by atoms with Crippen molar-refractivity contribution in [3.63, 3.8) is 0 Å². The van der Waals surface area contributed by atoms with Crippen LogP contribution in [0.5, 0.6) is 0 Å². The van der Waals surface area contributed by atoms with Crippen LogP contribution in [0.15, 0.2) is 0 Å². The van der Waals surface area contributed by atoms with Crippen LogP contribution in [-0.4, -0.2) is 30.8 Å². The predicted molar refractivity (Wildman–Crippen MR) is 31.7 cm³/mol. The van der Waals surface area contributed by atoms with Crippen molar-refractivity contribution in [2.24, 2.45) is 5.92 Å². The van der Waals surface area contributed by atoms with Gasteiger partial charge in [0.05, 0.1) is 0 Å². The molecule has 2 heteroatoms. The van der Waals surface area contributed by atoms with Crippen LogP contribution in [-0.2, 0) is 4.79 Å². The van der Waals surface area contributed by atoms with E-state index in [0.29, 0.717) is 0 Å². The van der Waals surface area contributed by atoms with E-state index in [9.17, 15) is 4.79 Å². The average molecular weight is 113 g/mol. The molecule has 0 amide bonds. The monoisotopic (exact) mass is 113 g/mol. The molecular formula is C6H11NO. The van der Waals surface area contributed by atoms with Gasteiger partial charge in [-0.3, -0.25) is 0 Å². The summed E-state index contributed by atoms with van der Waals surface area (Å²) in [6.45, 7) is 5.30. The number of hydrogen-bond acceptors (Lipinski definition) is 2. The molecule has 0 radical (unpaired) electrons. The number of carbonyl (C=O) groups excluding carboxylic acids is 1. The molecule has 1 fully saturated rings. The molecule has 1 aliphatic heterocycles. The third-order valence-corrected chi connectivity index (χ3v) is 1.32. The minimum Gasteiger partial charge on any atom is -0.303 e. The van der Waals surface area contributed by atoms with Gasteiger partial charge in [0.2, 0.25) is 0 Å². The van der Waals surface area contributed by atoms with E-state index >= 15 is 0 Å². The largest absolute Gasteiger partial charge is 0.303 e.